The van der Waals surface area contributed by atoms with Crippen LogP contribution in [0.25, 0.3) is 0 Å². The quantitative estimate of drug-likeness (QED) is 0.415. The number of benzene rings is 2. The van der Waals surface area contributed by atoms with Crippen molar-refractivity contribution >= 4 is 26.0 Å². The first-order valence-corrected chi connectivity index (χ1v) is 15.1. The van der Waals surface area contributed by atoms with E-state index in [0.29, 0.717) is 38.0 Å². The Labute approximate surface area is 214 Å². The summed E-state index contributed by atoms with van der Waals surface area (Å²) in [5, 5.41) is 2.82. The monoisotopic (exact) mass is 537 g/mol. The predicted molar refractivity (Wildman–Crippen MR) is 139 cm³/mol. The van der Waals surface area contributed by atoms with E-state index >= 15 is 0 Å². The van der Waals surface area contributed by atoms with Gasteiger partial charge in [0, 0.05) is 27.2 Å². The Morgan fingerprint density at radius 2 is 1.75 bits per heavy atom. The minimum atomic E-state index is -3.50. The van der Waals surface area contributed by atoms with Crippen molar-refractivity contribution in [2.24, 2.45) is 5.92 Å². The van der Waals surface area contributed by atoms with Crippen LogP contribution in [0, 0.1) is 5.92 Å². The number of aryl methyl sites for hydroxylation is 1. The van der Waals surface area contributed by atoms with Crippen molar-refractivity contribution in [3.05, 3.63) is 60.2 Å². The molecule has 2 aromatic carbocycles. The van der Waals surface area contributed by atoms with Crippen LogP contribution in [-0.2, 0) is 31.3 Å². The van der Waals surface area contributed by atoms with Gasteiger partial charge < -0.3 is 10.1 Å². The molecule has 3 rings (SSSR count). The molecular formula is C25H35N3O6S2. The molecule has 2 aromatic rings. The Balaban J connectivity index is 1.41. The highest BCUT2D eigenvalue weighted by atomic mass is 32.2. The maximum absolute atomic E-state index is 12.8. The van der Waals surface area contributed by atoms with Crippen LogP contribution in [0.4, 0.5) is 0 Å². The lowest BCUT2D eigenvalue weighted by Crippen LogP contribution is -2.46. The number of carbonyl (C=O) groups is 1. The van der Waals surface area contributed by atoms with E-state index in [0.717, 1.165) is 9.87 Å². The molecule has 9 nitrogen and oxygen atoms in total. The Morgan fingerprint density at radius 3 is 2.42 bits per heavy atom. The summed E-state index contributed by atoms with van der Waals surface area (Å²) in [7, 11) is -3.98. The Hall–Kier alpha value is -2.47. The number of ether oxygens (including phenoxy) is 1. The maximum Gasteiger partial charge on any atom is 0.242 e. The maximum atomic E-state index is 12.8. The van der Waals surface area contributed by atoms with Gasteiger partial charge in [-0.05, 0) is 55.5 Å². The standard InChI is InChI=1S/C25H35N3O6S2/c1-27(2)36(32,33)24-14-12-23(13-15-24)34-18-16-26-25(29)22-11-6-17-28(20-22)35(30,31)19-7-10-21-8-4-3-5-9-21/h3-5,8-9,12-15,22H,6-7,10-11,16-20H2,1-2H3,(H,26,29)/t22-/m0/s1. The van der Waals surface area contributed by atoms with Gasteiger partial charge in [0.05, 0.1) is 23.1 Å². The van der Waals surface area contributed by atoms with Crippen LogP contribution in [0.5, 0.6) is 5.75 Å². The molecule has 0 saturated carbocycles. The van der Waals surface area contributed by atoms with Crippen LogP contribution in [0.1, 0.15) is 24.8 Å². The second-order valence-electron chi connectivity index (χ2n) is 9.00. The average molecular weight is 538 g/mol. The van der Waals surface area contributed by atoms with Crippen molar-refractivity contribution in [3.8, 4) is 5.75 Å². The predicted octanol–water partition coefficient (Wildman–Crippen LogP) is 2.11. The third-order valence-corrected chi connectivity index (χ3v) is 9.88. The lowest BCUT2D eigenvalue weighted by Gasteiger charge is -2.31. The van der Waals surface area contributed by atoms with Crippen molar-refractivity contribution in [3.63, 3.8) is 0 Å². The molecule has 1 saturated heterocycles. The van der Waals surface area contributed by atoms with Crippen molar-refractivity contribution in [2.75, 3.05) is 46.1 Å². The lowest BCUT2D eigenvalue weighted by atomic mass is 9.99. The van der Waals surface area contributed by atoms with E-state index in [4.69, 9.17) is 4.74 Å². The number of rotatable bonds is 12. The van der Waals surface area contributed by atoms with Crippen LogP contribution in [-0.4, -0.2) is 77.4 Å². The van der Waals surface area contributed by atoms with Crippen LogP contribution < -0.4 is 10.1 Å². The van der Waals surface area contributed by atoms with Crippen molar-refractivity contribution in [1.29, 1.82) is 0 Å². The first kappa shape index (κ1) is 28.1. The second-order valence-corrected chi connectivity index (χ2v) is 13.2. The summed E-state index contributed by atoms with van der Waals surface area (Å²) in [4.78, 5) is 12.8. The summed E-state index contributed by atoms with van der Waals surface area (Å²) in [6, 6.07) is 15.9. The summed E-state index contributed by atoms with van der Waals surface area (Å²) in [6.45, 7) is 1.11. The van der Waals surface area contributed by atoms with E-state index in [1.165, 1.54) is 30.5 Å². The number of nitrogens with one attached hydrogen (secondary N) is 1. The number of piperidine rings is 1. The number of hydrogen-bond donors (Lipinski definition) is 1. The van der Waals surface area contributed by atoms with Gasteiger partial charge in [-0.3, -0.25) is 4.79 Å². The molecule has 0 aromatic heterocycles. The molecule has 1 heterocycles. The van der Waals surface area contributed by atoms with Gasteiger partial charge in [-0.15, -0.1) is 0 Å². The molecule has 0 spiro atoms. The molecule has 36 heavy (non-hydrogen) atoms. The van der Waals surface area contributed by atoms with Crippen LogP contribution in [0.3, 0.4) is 0 Å². The number of hydrogen-bond acceptors (Lipinski definition) is 6. The van der Waals surface area contributed by atoms with E-state index in [9.17, 15) is 21.6 Å². The molecule has 1 fully saturated rings. The number of nitrogens with zero attached hydrogens (tertiary/aromatic N) is 2. The molecule has 0 bridgehead atoms. The highest BCUT2D eigenvalue weighted by molar-refractivity contribution is 7.89. The van der Waals surface area contributed by atoms with E-state index in [-0.39, 0.29) is 36.3 Å². The zero-order chi connectivity index (χ0) is 26.2. The number of sulfonamides is 2. The molecule has 0 aliphatic carbocycles. The van der Waals surface area contributed by atoms with E-state index in [1.54, 1.807) is 12.1 Å². The molecule has 1 atom stereocenters. The molecule has 0 unspecified atom stereocenters. The van der Waals surface area contributed by atoms with Gasteiger partial charge in [0.15, 0.2) is 0 Å². The normalized spacial score (nSPS) is 17.1. The van der Waals surface area contributed by atoms with Crippen LogP contribution in [0.2, 0.25) is 0 Å². The first-order chi connectivity index (χ1) is 17.1. The van der Waals surface area contributed by atoms with Crippen molar-refractivity contribution in [2.45, 2.75) is 30.6 Å². The summed E-state index contributed by atoms with van der Waals surface area (Å²) in [5.41, 5.74) is 1.11. The molecule has 198 valence electrons. The second kappa shape index (κ2) is 12.7. The Bertz CT molecular complexity index is 1200. The minimum Gasteiger partial charge on any atom is -0.492 e. The molecular weight excluding hydrogens is 502 g/mol. The third kappa shape index (κ3) is 7.76. The fourth-order valence-corrected chi connectivity index (χ4v) is 6.53. The van der Waals surface area contributed by atoms with Gasteiger partial charge in [0.1, 0.15) is 12.4 Å². The van der Waals surface area contributed by atoms with Crippen LogP contribution in [0.15, 0.2) is 59.5 Å². The topological polar surface area (TPSA) is 113 Å². The summed E-state index contributed by atoms with van der Waals surface area (Å²) >= 11 is 0. The smallest absolute Gasteiger partial charge is 0.242 e. The largest absolute Gasteiger partial charge is 0.492 e. The highest BCUT2D eigenvalue weighted by Crippen LogP contribution is 2.21. The van der Waals surface area contributed by atoms with Crippen molar-refractivity contribution < 1.29 is 26.4 Å². The van der Waals surface area contributed by atoms with Gasteiger partial charge in [-0.25, -0.2) is 25.4 Å². The molecule has 1 aliphatic rings. The summed E-state index contributed by atoms with van der Waals surface area (Å²) < 4.78 is 58.1. The molecule has 1 aliphatic heterocycles. The van der Waals surface area contributed by atoms with E-state index in [1.807, 2.05) is 30.3 Å². The minimum absolute atomic E-state index is 0.0682. The van der Waals surface area contributed by atoms with Gasteiger partial charge in [-0.1, -0.05) is 30.3 Å². The van der Waals surface area contributed by atoms with E-state index < -0.39 is 26.0 Å². The lowest BCUT2D eigenvalue weighted by molar-refractivity contribution is -0.126. The van der Waals surface area contributed by atoms with Gasteiger partial charge in [0.2, 0.25) is 26.0 Å². The molecule has 1 amide bonds. The van der Waals surface area contributed by atoms with E-state index in [2.05, 4.69) is 5.32 Å². The Kier molecular flexibility index (Phi) is 9.89. The highest BCUT2D eigenvalue weighted by Gasteiger charge is 2.31. The third-order valence-electron chi connectivity index (χ3n) is 6.13. The number of amides is 1. The van der Waals surface area contributed by atoms with Gasteiger partial charge >= 0.3 is 0 Å². The summed E-state index contributed by atoms with van der Waals surface area (Å²) in [5.74, 6) is -0.0145. The Morgan fingerprint density at radius 1 is 1.06 bits per heavy atom. The zero-order valence-corrected chi connectivity index (χ0v) is 22.4. The summed E-state index contributed by atoms with van der Waals surface area (Å²) in [6.07, 6.45) is 2.53. The average Bonchev–Trinajstić information content (AvgIpc) is 2.87. The fraction of sp³-hybridized carbons (Fsp3) is 0.480. The van der Waals surface area contributed by atoms with Crippen LogP contribution >= 0.6 is 0 Å². The number of carbonyl (C=O) groups excluding carboxylic acids is 1. The fourth-order valence-electron chi connectivity index (χ4n) is 4.05. The van der Waals surface area contributed by atoms with Gasteiger partial charge in [0.25, 0.3) is 0 Å². The zero-order valence-electron chi connectivity index (χ0n) is 20.8. The first-order valence-electron chi connectivity index (χ1n) is 12.0. The molecule has 0 radical (unpaired) electrons. The SMILES string of the molecule is CN(C)S(=O)(=O)c1ccc(OCCNC(=O)[C@H]2CCCN(S(=O)(=O)CCCc3ccccc3)C2)cc1. The van der Waals surface area contributed by atoms with Gasteiger partial charge in [-0.2, -0.15) is 0 Å². The molecule has 11 heteroatoms. The molecule has 1 N–H and O–H groups in total. The van der Waals surface area contributed by atoms with Crippen molar-refractivity contribution in [1.82, 2.24) is 13.9 Å².